The zero-order chi connectivity index (χ0) is 16.7. The highest BCUT2D eigenvalue weighted by Crippen LogP contribution is 2.27. The molecule has 1 saturated heterocycles. The van der Waals surface area contributed by atoms with Gasteiger partial charge in [0.05, 0.1) is 6.10 Å². The molecule has 1 heterocycles. The Morgan fingerprint density at radius 3 is 2.61 bits per heavy atom. The quantitative estimate of drug-likeness (QED) is 0.838. The van der Waals surface area contributed by atoms with Gasteiger partial charge in [0.1, 0.15) is 6.61 Å². The molecule has 1 unspecified atom stereocenters. The van der Waals surface area contributed by atoms with Crippen LogP contribution in [-0.2, 0) is 11.3 Å². The van der Waals surface area contributed by atoms with Crippen LogP contribution in [0.4, 0.5) is 13.6 Å². The van der Waals surface area contributed by atoms with Crippen molar-refractivity contribution in [3.8, 4) is 0 Å². The van der Waals surface area contributed by atoms with Gasteiger partial charge in [-0.05, 0) is 5.56 Å². The summed E-state index contributed by atoms with van der Waals surface area (Å²) in [5.74, 6) is -2.60. The number of alkyl halides is 2. The minimum Gasteiger partial charge on any atom is -0.445 e. The summed E-state index contributed by atoms with van der Waals surface area (Å²) < 4.78 is 31.1. The molecule has 1 aromatic carbocycles. The van der Waals surface area contributed by atoms with Crippen LogP contribution in [0.25, 0.3) is 0 Å². The summed E-state index contributed by atoms with van der Waals surface area (Å²) in [5, 5.41) is 12.3. The normalized spacial score (nSPS) is 19.1. The molecule has 0 radical (unpaired) electrons. The Morgan fingerprint density at radius 1 is 1.30 bits per heavy atom. The largest absolute Gasteiger partial charge is 0.445 e. The highest BCUT2D eigenvalue weighted by molar-refractivity contribution is 5.67. The van der Waals surface area contributed by atoms with Crippen LogP contribution < -0.4 is 5.32 Å². The highest BCUT2D eigenvalue weighted by atomic mass is 19.3. The zero-order valence-corrected chi connectivity index (χ0v) is 12.9. The van der Waals surface area contributed by atoms with Crippen LogP contribution >= 0.6 is 0 Å². The Hall–Kier alpha value is -1.73. The first-order valence-electron chi connectivity index (χ1n) is 7.67. The zero-order valence-electron chi connectivity index (χ0n) is 12.9. The van der Waals surface area contributed by atoms with Gasteiger partial charge in [-0.15, -0.1) is 0 Å². The molecule has 128 valence electrons. The lowest BCUT2D eigenvalue weighted by atomic mass is 10.1. The molecule has 2 N–H and O–H groups in total. The molecule has 0 aliphatic carbocycles. The molecule has 0 saturated carbocycles. The number of carbonyl (C=O) groups is 1. The number of rotatable bonds is 6. The lowest BCUT2D eigenvalue weighted by Crippen LogP contribution is -2.45. The number of benzene rings is 1. The molecule has 0 spiro atoms. The van der Waals surface area contributed by atoms with Crippen LogP contribution in [0.2, 0.25) is 0 Å². The van der Waals surface area contributed by atoms with E-state index in [4.69, 9.17) is 4.74 Å². The van der Waals surface area contributed by atoms with Gasteiger partial charge in [-0.3, -0.25) is 0 Å². The fourth-order valence-corrected chi connectivity index (χ4v) is 2.40. The van der Waals surface area contributed by atoms with Crippen LogP contribution in [0.5, 0.6) is 0 Å². The fraction of sp³-hybridized carbons (Fsp3) is 0.562. The Morgan fingerprint density at radius 2 is 1.96 bits per heavy atom. The number of hydrogen-bond donors (Lipinski definition) is 2. The number of amides is 1. The van der Waals surface area contributed by atoms with E-state index in [-0.39, 0.29) is 45.6 Å². The molecular weight excluding hydrogens is 306 g/mol. The van der Waals surface area contributed by atoms with Crippen molar-refractivity contribution in [2.45, 2.75) is 31.5 Å². The second kappa shape index (κ2) is 8.21. The average Bonchev–Trinajstić information content (AvgIpc) is 2.54. The average molecular weight is 328 g/mol. The number of nitrogens with zero attached hydrogens (tertiary/aromatic N) is 1. The molecule has 2 rings (SSSR count). The van der Waals surface area contributed by atoms with E-state index in [0.717, 1.165) is 5.56 Å². The first-order chi connectivity index (χ1) is 10.9. The first kappa shape index (κ1) is 17.6. The van der Waals surface area contributed by atoms with Crippen molar-refractivity contribution in [2.75, 3.05) is 26.2 Å². The summed E-state index contributed by atoms with van der Waals surface area (Å²) in [6, 6.07) is 9.25. The second-order valence-electron chi connectivity index (χ2n) is 5.75. The van der Waals surface area contributed by atoms with Crippen LogP contribution in [0, 0.1) is 0 Å². The number of alkyl carbamates (subject to hydrolysis) is 1. The summed E-state index contributed by atoms with van der Waals surface area (Å²) in [6.45, 7) is 0.949. The van der Waals surface area contributed by atoms with Crippen molar-refractivity contribution >= 4 is 6.09 Å². The number of carbonyl (C=O) groups excluding carboxylic acids is 1. The predicted octanol–water partition coefficient (Wildman–Crippen LogP) is 2.00. The molecule has 1 aromatic rings. The minimum absolute atomic E-state index is 0.0283. The number of β-amino-alcohol motifs (C(OH)–C–C–N with tert-alkyl or cyclic N) is 1. The number of hydrogen-bond acceptors (Lipinski definition) is 4. The third kappa shape index (κ3) is 6.50. The van der Waals surface area contributed by atoms with Gasteiger partial charge in [0.25, 0.3) is 5.92 Å². The predicted molar refractivity (Wildman–Crippen MR) is 81.3 cm³/mol. The van der Waals surface area contributed by atoms with E-state index in [2.05, 4.69) is 5.32 Å². The van der Waals surface area contributed by atoms with E-state index >= 15 is 0 Å². The van der Waals surface area contributed by atoms with Crippen molar-refractivity contribution in [2.24, 2.45) is 0 Å². The Kier molecular flexibility index (Phi) is 6.29. The smallest absolute Gasteiger partial charge is 0.407 e. The summed E-state index contributed by atoms with van der Waals surface area (Å²) in [5.41, 5.74) is 0.873. The molecule has 1 amide bonds. The maximum atomic E-state index is 13.0. The molecule has 1 aliphatic heterocycles. The maximum absolute atomic E-state index is 13.0. The Bertz CT molecular complexity index is 489. The number of aliphatic hydroxyl groups is 1. The van der Waals surface area contributed by atoms with E-state index in [1.165, 1.54) is 0 Å². The standard InChI is InChI=1S/C16H22F2N2O3/c17-16(18)6-8-20(9-7-16)11-14(21)10-19-15(22)23-12-13-4-2-1-3-5-13/h1-5,14,21H,6-12H2,(H,19,22). The van der Waals surface area contributed by atoms with Gasteiger partial charge < -0.3 is 20.1 Å². The molecule has 1 aliphatic rings. The molecular formula is C16H22F2N2O3. The topological polar surface area (TPSA) is 61.8 Å². The van der Waals surface area contributed by atoms with Crippen LogP contribution in [0.15, 0.2) is 30.3 Å². The SMILES string of the molecule is O=C(NCC(O)CN1CCC(F)(F)CC1)OCc1ccccc1. The summed E-state index contributed by atoms with van der Waals surface area (Å²) in [4.78, 5) is 13.3. The van der Waals surface area contributed by atoms with Crippen molar-refractivity contribution in [3.63, 3.8) is 0 Å². The van der Waals surface area contributed by atoms with Gasteiger partial charge >= 0.3 is 6.09 Å². The molecule has 1 fully saturated rings. The lowest BCUT2D eigenvalue weighted by Gasteiger charge is -2.32. The van der Waals surface area contributed by atoms with Gasteiger partial charge in [-0.25, -0.2) is 13.6 Å². The Labute approximate surface area is 134 Å². The maximum Gasteiger partial charge on any atom is 0.407 e. The van der Waals surface area contributed by atoms with Crippen LogP contribution in [-0.4, -0.2) is 54.3 Å². The van der Waals surface area contributed by atoms with Gasteiger partial charge in [0, 0.05) is 39.0 Å². The molecule has 7 heteroatoms. The number of nitrogens with one attached hydrogen (secondary N) is 1. The second-order valence-corrected chi connectivity index (χ2v) is 5.75. The monoisotopic (exact) mass is 328 g/mol. The van der Waals surface area contributed by atoms with E-state index in [0.29, 0.717) is 0 Å². The highest BCUT2D eigenvalue weighted by Gasteiger charge is 2.34. The first-order valence-corrected chi connectivity index (χ1v) is 7.67. The molecule has 0 aromatic heterocycles. The number of piperidine rings is 1. The number of halogens is 2. The van der Waals surface area contributed by atoms with Crippen molar-refractivity contribution < 1.29 is 23.4 Å². The van der Waals surface area contributed by atoms with Crippen molar-refractivity contribution in [1.82, 2.24) is 10.2 Å². The molecule has 0 bridgehead atoms. The van der Waals surface area contributed by atoms with Gasteiger partial charge in [0.15, 0.2) is 0 Å². The summed E-state index contributed by atoms with van der Waals surface area (Å²) in [7, 11) is 0. The third-order valence-corrected chi connectivity index (χ3v) is 3.75. The van der Waals surface area contributed by atoms with Gasteiger partial charge in [-0.2, -0.15) is 0 Å². The van der Waals surface area contributed by atoms with E-state index in [9.17, 15) is 18.7 Å². The van der Waals surface area contributed by atoms with Gasteiger partial charge in [-0.1, -0.05) is 30.3 Å². The summed E-state index contributed by atoms with van der Waals surface area (Å²) >= 11 is 0. The van der Waals surface area contributed by atoms with E-state index in [1.54, 1.807) is 4.90 Å². The van der Waals surface area contributed by atoms with Crippen LogP contribution in [0.1, 0.15) is 18.4 Å². The summed E-state index contributed by atoms with van der Waals surface area (Å²) in [6.07, 6.45) is -1.80. The number of likely N-dealkylation sites (tertiary alicyclic amines) is 1. The lowest BCUT2D eigenvalue weighted by molar-refractivity contribution is -0.0608. The molecule has 5 nitrogen and oxygen atoms in total. The Balaban J connectivity index is 1.60. The number of aliphatic hydroxyl groups excluding tert-OH is 1. The van der Waals surface area contributed by atoms with Gasteiger partial charge in [0.2, 0.25) is 0 Å². The third-order valence-electron chi connectivity index (χ3n) is 3.75. The van der Waals surface area contributed by atoms with Crippen molar-refractivity contribution in [1.29, 1.82) is 0 Å². The van der Waals surface area contributed by atoms with E-state index < -0.39 is 18.1 Å². The molecule has 23 heavy (non-hydrogen) atoms. The van der Waals surface area contributed by atoms with Crippen LogP contribution in [0.3, 0.4) is 0 Å². The van der Waals surface area contributed by atoms with Crippen molar-refractivity contribution in [3.05, 3.63) is 35.9 Å². The fourth-order valence-electron chi connectivity index (χ4n) is 2.40. The number of ether oxygens (including phenoxy) is 1. The minimum atomic E-state index is -2.60. The van der Waals surface area contributed by atoms with E-state index in [1.807, 2.05) is 30.3 Å². The molecule has 1 atom stereocenters.